The van der Waals surface area contributed by atoms with Gasteiger partial charge in [0, 0.05) is 44.4 Å². The van der Waals surface area contributed by atoms with E-state index in [2.05, 4.69) is 38.3 Å². The molecule has 1 N–H and O–H groups in total. The minimum absolute atomic E-state index is 0.0309. The van der Waals surface area contributed by atoms with Gasteiger partial charge in [-0.15, -0.1) is 0 Å². The molecule has 170 valence electrons. The minimum atomic E-state index is 0.0309. The molecule has 2 aromatic rings. The second-order valence-corrected chi connectivity index (χ2v) is 8.81. The normalized spacial score (nSPS) is 18.6. The summed E-state index contributed by atoms with van der Waals surface area (Å²) in [5, 5.41) is 2.83. The first-order valence-corrected chi connectivity index (χ1v) is 11.8. The van der Waals surface area contributed by atoms with E-state index in [1.54, 1.807) is 0 Å². The predicted molar refractivity (Wildman–Crippen MR) is 124 cm³/mol. The molecule has 3 aliphatic rings. The molecular formula is C25H32N4O3. The van der Waals surface area contributed by atoms with Crippen molar-refractivity contribution in [3.8, 4) is 5.88 Å². The third kappa shape index (κ3) is 4.89. The molecule has 0 unspecified atom stereocenters. The third-order valence-electron chi connectivity index (χ3n) is 6.67. The fourth-order valence-electron chi connectivity index (χ4n) is 4.83. The summed E-state index contributed by atoms with van der Waals surface area (Å²) in [5.74, 6) is 1.28. The predicted octanol–water partition coefficient (Wildman–Crippen LogP) is 3.02. The summed E-state index contributed by atoms with van der Waals surface area (Å²) in [6.07, 6.45) is 4.42. The van der Waals surface area contributed by atoms with Gasteiger partial charge in [0.05, 0.1) is 19.8 Å². The van der Waals surface area contributed by atoms with E-state index in [0.29, 0.717) is 24.7 Å². The summed E-state index contributed by atoms with van der Waals surface area (Å²) in [5.41, 5.74) is 5.33. The van der Waals surface area contributed by atoms with E-state index in [1.807, 2.05) is 12.1 Å². The summed E-state index contributed by atoms with van der Waals surface area (Å²) in [4.78, 5) is 21.1. The van der Waals surface area contributed by atoms with Crippen molar-refractivity contribution >= 4 is 17.4 Å². The topological polar surface area (TPSA) is 66.9 Å². The number of piperazine rings is 1. The minimum Gasteiger partial charge on any atom is -0.478 e. The highest BCUT2D eigenvalue weighted by molar-refractivity contribution is 5.92. The lowest BCUT2D eigenvalue weighted by molar-refractivity contribution is -0.116. The van der Waals surface area contributed by atoms with Crippen molar-refractivity contribution in [1.82, 2.24) is 9.88 Å². The van der Waals surface area contributed by atoms with Gasteiger partial charge in [0.15, 0.2) is 0 Å². The van der Waals surface area contributed by atoms with Crippen LogP contribution in [-0.2, 0) is 29.0 Å². The Morgan fingerprint density at radius 1 is 1.00 bits per heavy atom. The molecular weight excluding hydrogens is 404 g/mol. The lowest BCUT2D eigenvalue weighted by Gasteiger charge is -2.38. The van der Waals surface area contributed by atoms with E-state index in [4.69, 9.17) is 9.47 Å². The Balaban J connectivity index is 1.03. The van der Waals surface area contributed by atoms with E-state index in [0.717, 1.165) is 77.2 Å². The molecule has 0 spiro atoms. The van der Waals surface area contributed by atoms with Crippen LogP contribution in [0.1, 0.15) is 36.0 Å². The maximum Gasteiger partial charge on any atom is 0.225 e. The zero-order valence-electron chi connectivity index (χ0n) is 18.6. The molecule has 1 fully saturated rings. The quantitative estimate of drug-likeness (QED) is 0.673. The standard InChI is InChI=1S/C25H32N4O3/c30-23-8-6-19-7-9-24(27-25(19)26-23)32-16-2-1-11-28-12-14-29(15-13-28)22-5-3-4-20-18-31-17-10-21(20)22/h3-5,7,9H,1-2,6,8,10-18H2,(H,26,27,30). The Bertz CT molecular complexity index is 956. The Kier molecular flexibility index (Phi) is 6.55. The maximum atomic E-state index is 11.5. The molecule has 1 amide bonds. The van der Waals surface area contributed by atoms with Crippen molar-refractivity contribution in [1.29, 1.82) is 0 Å². The molecule has 0 saturated carbocycles. The number of carbonyl (C=O) groups excluding carboxylic acids is 1. The van der Waals surface area contributed by atoms with Crippen molar-refractivity contribution in [2.45, 2.75) is 38.7 Å². The molecule has 7 nitrogen and oxygen atoms in total. The van der Waals surface area contributed by atoms with Gasteiger partial charge in [-0.05, 0) is 61.1 Å². The van der Waals surface area contributed by atoms with Crippen molar-refractivity contribution in [2.75, 3.05) is 56.2 Å². The number of aromatic nitrogens is 1. The summed E-state index contributed by atoms with van der Waals surface area (Å²) >= 11 is 0. The van der Waals surface area contributed by atoms with Gasteiger partial charge in [0.25, 0.3) is 0 Å². The third-order valence-corrected chi connectivity index (χ3v) is 6.67. The Labute approximate surface area is 189 Å². The fourth-order valence-corrected chi connectivity index (χ4v) is 4.83. The zero-order valence-corrected chi connectivity index (χ0v) is 18.6. The first kappa shape index (κ1) is 21.2. The summed E-state index contributed by atoms with van der Waals surface area (Å²) in [6, 6.07) is 10.6. The number of amides is 1. The van der Waals surface area contributed by atoms with E-state index in [-0.39, 0.29) is 5.91 Å². The molecule has 1 aromatic heterocycles. The highest BCUT2D eigenvalue weighted by Gasteiger charge is 2.21. The Morgan fingerprint density at radius 3 is 2.81 bits per heavy atom. The highest BCUT2D eigenvalue weighted by atomic mass is 16.5. The molecule has 32 heavy (non-hydrogen) atoms. The lowest BCUT2D eigenvalue weighted by Crippen LogP contribution is -2.47. The number of nitrogens with zero attached hydrogens (tertiary/aromatic N) is 3. The first-order valence-electron chi connectivity index (χ1n) is 11.8. The monoisotopic (exact) mass is 436 g/mol. The van der Waals surface area contributed by atoms with Crippen molar-refractivity contribution in [2.24, 2.45) is 0 Å². The number of nitrogens with one attached hydrogen (secondary N) is 1. The molecule has 0 atom stereocenters. The molecule has 7 heteroatoms. The van der Waals surface area contributed by atoms with E-state index >= 15 is 0 Å². The van der Waals surface area contributed by atoms with Gasteiger partial charge < -0.3 is 19.7 Å². The molecule has 4 heterocycles. The molecule has 0 radical (unpaired) electrons. The van der Waals surface area contributed by atoms with Gasteiger partial charge in [-0.3, -0.25) is 9.69 Å². The van der Waals surface area contributed by atoms with Crippen molar-refractivity contribution < 1.29 is 14.3 Å². The SMILES string of the molecule is O=C1CCc2ccc(OCCCCN3CCN(c4cccc5c4CCOC5)CC3)nc2N1. The van der Waals surface area contributed by atoms with Gasteiger partial charge in [-0.25, -0.2) is 0 Å². The molecule has 5 rings (SSSR count). The van der Waals surface area contributed by atoms with Crippen LogP contribution in [0.15, 0.2) is 30.3 Å². The summed E-state index contributed by atoms with van der Waals surface area (Å²) in [6.45, 7) is 7.71. The Hall–Kier alpha value is -2.64. The average molecular weight is 437 g/mol. The zero-order chi connectivity index (χ0) is 21.8. The van der Waals surface area contributed by atoms with Gasteiger partial charge in [-0.2, -0.15) is 4.98 Å². The number of carbonyl (C=O) groups is 1. The molecule has 0 bridgehead atoms. The van der Waals surface area contributed by atoms with Crippen LogP contribution in [-0.4, -0.2) is 61.7 Å². The number of unbranched alkanes of at least 4 members (excludes halogenated alkanes) is 1. The van der Waals surface area contributed by atoms with Gasteiger partial charge >= 0.3 is 0 Å². The van der Waals surface area contributed by atoms with Crippen LogP contribution >= 0.6 is 0 Å². The number of pyridine rings is 1. The smallest absolute Gasteiger partial charge is 0.225 e. The molecule has 1 saturated heterocycles. The number of anilines is 2. The van der Waals surface area contributed by atoms with Gasteiger partial charge in [-0.1, -0.05) is 12.1 Å². The first-order chi connectivity index (χ1) is 15.8. The second-order valence-electron chi connectivity index (χ2n) is 8.81. The average Bonchev–Trinajstić information content (AvgIpc) is 2.83. The summed E-state index contributed by atoms with van der Waals surface area (Å²) in [7, 11) is 0. The highest BCUT2D eigenvalue weighted by Crippen LogP contribution is 2.29. The number of fused-ring (bicyclic) bond motifs is 2. The van der Waals surface area contributed by atoms with Crippen LogP contribution in [0.3, 0.4) is 0 Å². The number of aryl methyl sites for hydroxylation is 1. The number of ether oxygens (including phenoxy) is 2. The van der Waals surface area contributed by atoms with Crippen LogP contribution in [0.25, 0.3) is 0 Å². The van der Waals surface area contributed by atoms with E-state index in [9.17, 15) is 4.79 Å². The van der Waals surface area contributed by atoms with E-state index < -0.39 is 0 Å². The Morgan fingerprint density at radius 2 is 1.91 bits per heavy atom. The fraction of sp³-hybridized carbons (Fsp3) is 0.520. The van der Waals surface area contributed by atoms with Crippen molar-refractivity contribution in [3.05, 3.63) is 47.0 Å². The van der Waals surface area contributed by atoms with Crippen LogP contribution in [0.4, 0.5) is 11.5 Å². The van der Waals surface area contributed by atoms with E-state index in [1.165, 1.54) is 16.8 Å². The van der Waals surface area contributed by atoms with Crippen LogP contribution in [0.2, 0.25) is 0 Å². The van der Waals surface area contributed by atoms with Crippen LogP contribution < -0.4 is 15.0 Å². The number of rotatable bonds is 7. The molecule has 1 aromatic carbocycles. The maximum absolute atomic E-state index is 11.5. The lowest BCUT2D eigenvalue weighted by atomic mass is 10.00. The number of benzene rings is 1. The molecule has 3 aliphatic heterocycles. The largest absolute Gasteiger partial charge is 0.478 e. The number of hydrogen-bond donors (Lipinski definition) is 1. The van der Waals surface area contributed by atoms with Crippen molar-refractivity contribution in [3.63, 3.8) is 0 Å². The van der Waals surface area contributed by atoms with Gasteiger partial charge in [0.2, 0.25) is 11.8 Å². The molecule has 0 aliphatic carbocycles. The van der Waals surface area contributed by atoms with Gasteiger partial charge in [0.1, 0.15) is 5.82 Å². The van der Waals surface area contributed by atoms with Crippen LogP contribution in [0.5, 0.6) is 5.88 Å². The second kappa shape index (κ2) is 9.88. The number of hydrogen-bond acceptors (Lipinski definition) is 6. The van der Waals surface area contributed by atoms with Crippen LogP contribution in [0, 0.1) is 0 Å². The summed E-state index contributed by atoms with van der Waals surface area (Å²) < 4.78 is 11.4.